The van der Waals surface area contributed by atoms with Gasteiger partial charge in [0.25, 0.3) is 0 Å². The number of rotatable bonds is 6. The number of hydrogen-bond donors (Lipinski definition) is 1. The Morgan fingerprint density at radius 1 is 1.32 bits per heavy atom. The van der Waals surface area contributed by atoms with Crippen LogP contribution in [0.25, 0.3) is 0 Å². The Hall–Kier alpha value is -0.620. The molecule has 1 heterocycles. The van der Waals surface area contributed by atoms with E-state index >= 15 is 0 Å². The summed E-state index contributed by atoms with van der Waals surface area (Å²) in [5.41, 5.74) is 0.144. The SMILES string of the molecule is CC(C)(C)NCCn1nnnc1SCC1CCCC1. The van der Waals surface area contributed by atoms with Gasteiger partial charge < -0.3 is 5.32 Å². The molecule has 0 atom stereocenters. The molecule has 0 saturated heterocycles. The second-order valence-corrected chi connectivity index (χ2v) is 7.31. The van der Waals surface area contributed by atoms with E-state index in [1.165, 1.54) is 25.7 Å². The number of aromatic nitrogens is 4. The molecular formula is C13H25N5S. The maximum atomic E-state index is 4.13. The van der Waals surface area contributed by atoms with Crippen molar-refractivity contribution in [3.8, 4) is 0 Å². The Kier molecular flexibility index (Phi) is 5.21. The lowest BCUT2D eigenvalue weighted by Gasteiger charge is -2.20. The van der Waals surface area contributed by atoms with E-state index < -0.39 is 0 Å². The first-order valence-corrected chi connectivity index (χ1v) is 8.17. The van der Waals surface area contributed by atoms with Gasteiger partial charge in [0.2, 0.25) is 5.16 Å². The van der Waals surface area contributed by atoms with Gasteiger partial charge in [-0.1, -0.05) is 24.6 Å². The average molecular weight is 283 g/mol. The smallest absolute Gasteiger partial charge is 0.209 e. The van der Waals surface area contributed by atoms with Crippen LogP contribution < -0.4 is 5.32 Å². The number of tetrazole rings is 1. The van der Waals surface area contributed by atoms with Crippen LogP contribution in [-0.2, 0) is 6.54 Å². The minimum Gasteiger partial charge on any atom is -0.310 e. The fourth-order valence-electron chi connectivity index (χ4n) is 2.35. The van der Waals surface area contributed by atoms with Crippen molar-refractivity contribution in [3.05, 3.63) is 0 Å². The number of nitrogens with one attached hydrogen (secondary N) is 1. The molecule has 0 radical (unpaired) electrons. The fourth-order valence-corrected chi connectivity index (χ4v) is 3.44. The van der Waals surface area contributed by atoms with Gasteiger partial charge in [-0.05, 0) is 50.0 Å². The number of hydrogen-bond acceptors (Lipinski definition) is 5. The molecule has 0 spiro atoms. The molecule has 1 aromatic heterocycles. The number of thioether (sulfide) groups is 1. The van der Waals surface area contributed by atoms with Crippen molar-refractivity contribution in [3.63, 3.8) is 0 Å². The van der Waals surface area contributed by atoms with Gasteiger partial charge in [0.1, 0.15) is 0 Å². The largest absolute Gasteiger partial charge is 0.310 e. The zero-order valence-electron chi connectivity index (χ0n) is 12.2. The lowest BCUT2D eigenvalue weighted by Crippen LogP contribution is -2.38. The van der Waals surface area contributed by atoms with Crippen LogP contribution in [0.4, 0.5) is 0 Å². The third-order valence-electron chi connectivity index (χ3n) is 3.40. The fraction of sp³-hybridized carbons (Fsp3) is 0.923. The van der Waals surface area contributed by atoms with Gasteiger partial charge in [-0.2, -0.15) is 0 Å². The third kappa shape index (κ3) is 5.10. The first kappa shape index (κ1) is 14.8. The molecule has 19 heavy (non-hydrogen) atoms. The monoisotopic (exact) mass is 283 g/mol. The Balaban J connectivity index is 1.76. The van der Waals surface area contributed by atoms with E-state index in [-0.39, 0.29) is 5.54 Å². The van der Waals surface area contributed by atoms with Gasteiger partial charge in [0.05, 0.1) is 6.54 Å². The van der Waals surface area contributed by atoms with E-state index in [1.807, 2.05) is 16.4 Å². The van der Waals surface area contributed by atoms with E-state index in [0.29, 0.717) is 0 Å². The summed E-state index contributed by atoms with van der Waals surface area (Å²) in [5, 5.41) is 16.4. The van der Waals surface area contributed by atoms with Crippen molar-refractivity contribution in [2.75, 3.05) is 12.3 Å². The topological polar surface area (TPSA) is 55.6 Å². The quantitative estimate of drug-likeness (QED) is 0.812. The van der Waals surface area contributed by atoms with E-state index in [4.69, 9.17) is 0 Å². The number of nitrogens with zero attached hydrogens (tertiary/aromatic N) is 4. The summed E-state index contributed by atoms with van der Waals surface area (Å²) in [4.78, 5) is 0. The summed E-state index contributed by atoms with van der Waals surface area (Å²) < 4.78 is 1.92. The summed E-state index contributed by atoms with van der Waals surface area (Å²) in [5.74, 6) is 2.02. The molecule has 1 aliphatic carbocycles. The first-order valence-electron chi connectivity index (χ1n) is 7.18. The standard InChI is InChI=1S/C13H25N5S/c1-13(2,3)14-8-9-18-12(15-16-17-18)19-10-11-6-4-5-7-11/h11,14H,4-10H2,1-3H3. The van der Waals surface area contributed by atoms with Crippen molar-refractivity contribution in [2.45, 2.75) is 63.7 Å². The van der Waals surface area contributed by atoms with Gasteiger partial charge in [0, 0.05) is 17.8 Å². The summed E-state index contributed by atoms with van der Waals surface area (Å²) in [6.45, 7) is 8.23. The van der Waals surface area contributed by atoms with E-state index in [9.17, 15) is 0 Å². The van der Waals surface area contributed by atoms with Crippen molar-refractivity contribution >= 4 is 11.8 Å². The first-order chi connectivity index (χ1) is 9.04. The molecule has 0 bridgehead atoms. The Labute approximate surface area is 119 Å². The molecule has 5 nitrogen and oxygen atoms in total. The molecule has 0 amide bonds. The van der Waals surface area contributed by atoms with Crippen LogP contribution in [-0.4, -0.2) is 38.0 Å². The average Bonchev–Trinajstić information content (AvgIpc) is 2.95. The molecule has 1 fully saturated rings. The lowest BCUT2D eigenvalue weighted by molar-refractivity contribution is 0.396. The van der Waals surface area contributed by atoms with Gasteiger partial charge in [-0.3, -0.25) is 0 Å². The zero-order valence-corrected chi connectivity index (χ0v) is 13.0. The zero-order chi connectivity index (χ0) is 13.7. The molecule has 108 valence electrons. The van der Waals surface area contributed by atoms with Crippen LogP contribution in [0, 0.1) is 5.92 Å². The molecule has 0 aliphatic heterocycles. The molecule has 6 heteroatoms. The van der Waals surface area contributed by atoms with E-state index in [1.54, 1.807) is 0 Å². The van der Waals surface area contributed by atoms with Crippen LogP contribution in [0.1, 0.15) is 46.5 Å². The van der Waals surface area contributed by atoms with Gasteiger partial charge in [-0.15, -0.1) is 5.10 Å². The Morgan fingerprint density at radius 2 is 2.05 bits per heavy atom. The second-order valence-electron chi connectivity index (χ2n) is 6.32. The molecular weight excluding hydrogens is 258 g/mol. The molecule has 0 unspecified atom stereocenters. The highest BCUT2D eigenvalue weighted by Crippen LogP contribution is 2.29. The predicted octanol–water partition coefficient (Wildman–Crippen LogP) is 2.34. The summed E-state index contributed by atoms with van der Waals surface area (Å²) >= 11 is 1.81. The Morgan fingerprint density at radius 3 is 2.74 bits per heavy atom. The summed E-state index contributed by atoms with van der Waals surface area (Å²) in [6, 6.07) is 0. The van der Waals surface area contributed by atoms with Crippen LogP contribution in [0.2, 0.25) is 0 Å². The maximum Gasteiger partial charge on any atom is 0.209 e. The molecule has 1 N–H and O–H groups in total. The van der Waals surface area contributed by atoms with E-state index in [0.717, 1.165) is 29.9 Å². The molecule has 1 aromatic rings. The van der Waals surface area contributed by atoms with Crippen LogP contribution in [0.5, 0.6) is 0 Å². The normalized spacial score (nSPS) is 17.2. The van der Waals surface area contributed by atoms with Crippen molar-refractivity contribution in [1.82, 2.24) is 25.5 Å². The summed E-state index contributed by atoms with van der Waals surface area (Å²) in [7, 11) is 0. The van der Waals surface area contributed by atoms with Gasteiger partial charge in [-0.25, -0.2) is 4.68 Å². The summed E-state index contributed by atoms with van der Waals surface area (Å²) in [6.07, 6.45) is 5.54. The minimum absolute atomic E-state index is 0.144. The van der Waals surface area contributed by atoms with Crippen molar-refractivity contribution in [2.24, 2.45) is 5.92 Å². The molecule has 1 aliphatic rings. The van der Waals surface area contributed by atoms with Crippen LogP contribution >= 0.6 is 11.8 Å². The predicted molar refractivity (Wildman–Crippen MR) is 78.3 cm³/mol. The highest BCUT2D eigenvalue weighted by Gasteiger charge is 2.17. The van der Waals surface area contributed by atoms with Crippen molar-refractivity contribution < 1.29 is 0 Å². The minimum atomic E-state index is 0.144. The van der Waals surface area contributed by atoms with Crippen molar-refractivity contribution in [1.29, 1.82) is 0 Å². The Bertz CT molecular complexity index is 379. The highest BCUT2D eigenvalue weighted by molar-refractivity contribution is 7.99. The maximum absolute atomic E-state index is 4.13. The highest BCUT2D eigenvalue weighted by atomic mass is 32.2. The van der Waals surface area contributed by atoms with E-state index in [2.05, 4.69) is 41.6 Å². The van der Waals surface area contributed by atoms with Gasteiger partial charge in [0.15, 0.2) is 0 Å². The van der Waals surface area contributed by atoms with Gasteiger partial charge >= 0.3 is 0 Å². The molecule has 0 aromatic carbocycles. The third-order valence-corrected chi connectivity index (χ3v) is 4.59. The second kappa shape index (κ2) is 6.70. The molecule has 2 rings (SSSR count). The molecule has 1 saturated carbocycles. The lowest BCUT2D eigenvalue weighted by atomic mass is 10.1. The van der Waals surface area contributed by atoms with Crippen LogP contribution in [0.3, 0.4) is 0 Å². The van der Waals surface area contributed by atoms with Crippen LogP contribution in [0.15, 0.2) is 5.16 Å².